The molecule has 3 aromatic rings. The molecule has 0 saturated heterocycles. The van der Waals surface area contributed by atoms with Gasteiger partial charge < -0.3 is 20.1 Å². The highest BCUT2D eigenvalue weighted by molar-refractivity contribution is 9.10. The zero-order chi connectivity index (χ0) is 20.7. The fraction of sp³-hybridized carbons (Fsp3) is 0.105. The molecule has 1 heterocycles. The number of nitrogens with one attached hydrogen (secondary N) is 1. The first-order valence-corrected chi connectivity index (χ1v) is 9.17. The van der Waals surface area contributed by atoms with Crippen molar-refractivity contribution in [3.8, 4) is 11.3 Å². The average Bonchev–Trinajstić information content (AvgIpc) is 3.03. The molecule has 0 aliphatic heterocycles. The molecule has 9 heteroatoms. The quantitative estimate of drug-likeness (QED) is 0.496. The van der Waals surface area contributed by atoms with E-state index < -0.39 is 11.9 Å². The Morgan fingerprint density at radius 1 is 1.07 bits per heavy atom. The maximum absolute atomic E-state index is 9.10. The Morgan fingerprint density at radius 3 is 2.18 bits per heavy atom. The van der Waals surface area contributed by atoms with Gasteiger partial charge in [-0.1, -0.05) is 51.8 Å². The lowest BCUT2D eigenvalue weighted by atomic mass is 10.2. The third-order valence-electron chi connectivity index (χ3n) is 3.68. The molecule has 0 bridgehead atoms. The summed E-state index contributed by atoms with van der Waals surface area (Å²) in [6, 6.07) is 16.0. The first kappa shape index (κ1) is 21.5. The van der Waals surface area contributed by atoms with Crippen molar-refractivity contribution in [2.45, 2.75) is 6.54 Å². The number of nitrogens with zero attached hydrogens (tertiary/aromatic N) is 2. The molecule has 0 fully saturated rings. The van der Waals surface area contributed by atoms with E-state index >= 15 is 0 Å². The van der Waals surface area contributed by atoms with Crippen molar-refractivity contribution >= 4 is 45.4 Å². The highest BCUT2D eigenvalue weighted by Gasteiger charge is 2.08. The van der Waals surface area contributed by atoms with Gasteiger partial charge >= 0.3 is 11.9 Å². The lowest BCUT2D eigenvalue weighted by Gasteiger charge is -2.09. The number of carboxylic acids is 2. The summed E-state index contributed by atoms with van der Waals surface area (Å²) in [5, 5.41) is 18.9. The van der Waals surface area contributed by atoms with E-state index in [2.05, 4.69) is 42.9 Å². The lowest BCUT2D eigenvalue weighted by molar-refractivity contribution is -0.159. The first-order chi connectivity index (χ1) is 13.3. The average molecular weight is 467 g/mol. The molecule has 1 aromatic heterocycles. The molecule has 28 heavy (non-hydrogen) atoms. The highest BCUT2D eigenvalue weighted by Crippen LogP contribution is 2.24. The molecule has 2 aromatic carbocycles. The molecule has 7 nitrogen and oxygen atoms in total. The maximum Gasteiger partial charge on any atom is 0.414 e. The number of aliphatic carboxylic acids is 2. The van der Waals surface area contributed by atoms with Crippen LogP contribution in [0.3, 0.4) is 0 Å². The number of benzene rings is 2. The maximum atomic E-state index is 9.10. The van der Waals surface area contributed by atoms with E-state index in [1.54, 1.807) is 0 Å². The van der Waals surface area contributed by atoms with E-state index in [9.17, 15) is 0 Å². The zero-order valence-corrected chi connectivity index (χ0v) is 17.1. The fourth-order valence-electron chi connectivity index (χ4n) is 2.25. The van der Waals surface area contributed by atoms with E-state index in [1.807, 2.05) is 49.6 Å². The van der Waals surface area contributed by atoms with Crippen LogP contribution in [0.15, 0.2) is 59.2 Å². The van der Waals surface area contributed by atoms with Gasteiger partial charge in [-0.25, -0.2) is 14.6 Å². The van der Waals surface area contributed by atoms with Gasteiger partial charge in [0, 0.05) is 23.1 Å². The number of halogens is 2. The van der Waals surface area contributed by atoms with Crippen molar-refractivity contribution in [2.24, 2.45) is 7.05 Å². The largest absolute Gasteiger partial charge is 0.473 e. The minimum absolute atomic E-state index is 0.710. The van der Waals surface area contributed by atoms with Crippen molar-refractivity contribution < 1.29 is 19.8 Å². The molecule has 0 amide bonds. The van der Waals surface area contributed by atoms with E-state index in [1.165, 1.54) is 0 Å². The zero-order valence-electron chi connectivity index (χ0n) is 14.8. The number of hydrogen-bond donors (Lipinski definition) is 3. The van der Waals surface area contributed by atoms with E-state index in [-0.39, 0.29) is 0 Å². The predicted octanol–water partition coefficient (Wildman–Crippen LogP) is 4.27. The van der Waals surface area contributed by atoms with Crippen LogP contribution in [-0.2, 0) is 23.2 Å². The number of anilines is 1. The molecule has 3 N–H and O–H groups in total. The summed E-state index contributed by atoms with van der Waals surface area (Å²) in [6.07, 6.45) is 1.88. The van der Waals surface area contributed by atoms with Crippen molar-refractivity contribution in [3.63, 3.8) is 0 Å². The van der Waals surface area contributed by atoms with Crippen LogP contribution in [0.1, 0.15) is 5.56 Å². The molecule has 0 spiro atoms. The molecule has 0 saturated carbocycles. The van der Waals surface area contributed by atoms with Gasteiger partial charge in [-0.2, -0.15) is 0 Å². The van der Waals surface area contributed by atoms with E-state index in [0.29, 0.717) is 6.54 Å². The Kier molecular flexibility index (Phi) is 7.60. The Hall–Kier alpha value is -2.84. The van der Waals surface area contributed by atoms with Crippen molar-refractivity contribution in [1.29, 1.82) is 0 Å². The number of rotatable bonds is 4. The Balaban J connectivity index is 0.000000409. The summed E-state index contributed by atoms with van der Waals surface area (Å²) in [5.74, 6) is -2.81. The molecule has 0 unspecified atom stereocenters. The molecule has 0 aliphatic carbocycles. The molecule has 0 radical (unpaired) electrons. The van der Waals surface area contributed by atoms with E-state index in [0.717, 1.165) is 32.3 Å². The molecule has 3 rings (SSSR count). The Morgan fingerprint density at radius 2 is 1.64 bits per heavy atom. The molecule has 0 aliphatic rings. The molecule has 0 atom stereocenters. The molecule has 146 valence electrons. The van der Waals surface area contributed by atoms with Gasteiger partial charge in [-0.3, -0.25) is 0 Å². The molecular formula is C19H17BrClN3O4. The lowest BCUT2D eigenvalue weighted by Crippen LogP contribution is -2.09. The number of imidazole rings is 1. The van der Waals surface area contributed by atoms with Gasteiger partial charge in [-0.15, -0.1) is 0 Å². The number of carboxylic acid groups (broad SMARTS) is 2. The second-order valence-electron chi connectivity index (χ2n) is 5.62. The summed E-state index contributed by atoms with van der Waals surface area (Å²) in [5.41, 5.74) is 3.38. The standard InChI is InChI=1S/C17H15BrClN3.C2H2O4/c1-22-16(13-4-6-14(18)7-5-13)11-21-17(22)20-10-12-2-8-15(19)9-3-12;3-1(4)2(5)6/h2-9,11H,10H2,1H3,(H,20,21);(H,3,4)(H,5,6). The van der Waals surface area contributed by atoms with Crippen LogP contribution in [0.2, 0.25) is 5.02 Å². The van der Waals surface area contributed by atoms with Crippen LogP contribution in [-0.4, -0.2) is 31.7 Å². The van der Waals surface area contributed by atoms with Gasteiger partial charge in [0.2, 0.25) is 5.95 Å². The van der Waals surface area contributed by atoms with Gasteiger partial charge in [-0.05, 0) is 35.4 Å². The molecular weight excluding hydrogens is 450 g/mol. The number of aromatic nitrogens is 2. The van der Waals surface area contributed by atoms with Gasteiger partial charge in [0.05, 0.1) is 11.9 Å². The second kappa shape index (κ2) is 9.91. The van der Waals surface area contributed by atoms with Crippen LogP contribution < -0.4 is 5.32 Å². The summed E-state index contributed by atoms with van der Waals surface area (Å²) >= 11 is 9.35. The number of hydrogen-bond acceptors (Lipinski definition) is 4. The normalized spacial score (nSPS) is 9.96. The van der Waals surface area contributed by atoms with Crippen LogP contribution in [0.5, 0.6) is 0 Å². The first-order valence-electron chi connectivity index (χ1n) is 8.00. The second-order valence-corrected chi connectivity index (χ2v) is 6.98. The van der Waals surface area contributed by atoms with Crippen molar-refractivity contribution in [1.82, 2.24) is 9.55 Å². The minimum Gasteiger partial charge on any atom is -0.473 e. The smallest absolute Gasteiger partial charge is 0.414 e. The Labute approximate surface area is 174 Å². The monoisotopic (exact) mass is 465 g/mol. The Bertz CT molecular complexity index is 944. The summed E-state index contributed by atoms with van der Waals surface area (Å²) in [7, 11) is 2.01. The van der Waals surface area contributed by atoms with Crippen LogP contribution in [0, 0.1) is 0 Å². The highest BCUT2D eigenvalue weighted by atomic mass is 79.9. The van der Waals surface area contributed by atoms with Crippen LogP contribution in [0.4, 0.5) is 5.95 Å². The van der Waals surface area contributed by atoms with Crippen molar-refractivity contribution in [3.05, 3.63) is 69.8 Å². The topological polar surface area (TPSA) is 104 Å². The number of carbonyl (C=O) groups is 2. The predicted molar refractivity (Wildman–Crippen MR) is 110 cm³/mol. The van der Waals surface area contributed by atoms with Gasteiger partial charge in [0.1, 0.15) is 0 Å². The van der Waals surface area contributed by atoms with Crippen LogP contribution in [0.25, 0.3) is 11.3 Å². The third kappa shape index (κ3) is 6.11. The summed E-state index contributed by atoms with van der Waals surface area (Å²) in [4.78, 5) is 22.7. The third-order valence-corrected chi connectivity index (χ3v) is 4.46. The van der Waals surface area contributed by atoms with E-state index in [4.69, 9.17) is 31.4 Å². The van der Waals surface area contributed by atoms with Crippen molar-refractivity contribution in [2.75, 3.05) is 5.32 Å². The summed E-state index contributed by atoms with van der Waals surface area (Å²) in [6.45, 7) is 0.710. The van der Waals surface area contributed by atoms with Crippen LogP contribution >= 0.6 is 27.5 Å². The minimum atomic E-state index is -1.82. The SMILES string of the molecule is Cn1c(-c2ccc(Br)cc2)cnc1NCc1ccc(Cl)cc1.O=C(O)C(=O)O. The van der Waals surface area contributed by atoms with Gasteiger partial charge in [0.15, 0.2) is 0 Å². The summed E-state index contributed by atoms with van der Waals surface area (Å²) < 4.78 is 3.12. The van der Waals surface area contributed by atoms with Gasteiger partial charge in [0.25, 0.3) is 0 Å². The fourth-order valence-corrected chi connectivity index (χ4v) is 2.64.